The standard InChI is InChI=1S/C30H36FNO5/c1-17-12-22-21-9-8-19-14-20(34)10-11-29(19,3)30(21,31)25(15-28(22,2)27(17)24(35)16-33)37-26(36)13-18-6-4-5-7-23(18)32/h4-7,10-11,14,17,21-22,25,27,33H,8-9,12-13,15-16,32H2,1-3H3/t17-,21?,22?,25+,27?,28+,29+,30+/m1/s1. The van der Waals surface area contributed by atoms with Crippen LogP contribution in [0, 0.1) is 34.5 Å². The molecule has 37 heavy (non-hydrogen) atoms. The highest BCUT2D eigenvalue weighted by molar-refractivity contribution is 6.01. The molecule has 0 saturated heterocycles. The number of aliphatic hydroxyl groups excluding tert-OH is 1. The van der Waals surface area contributed by atoms with Crippen molar-refractivity contribution in [1.82, 2.24) is 0 Å². The third kappa shape index (κ3) is 3.72. The van der Waals surface area contributed by atoms with Crippen LogP contribution in [0.1, 0.15) is 52.0 Å². The van der Waals surface area contributed by atoms with Crippen molar-refractivity contribution in [2.45, 2.75) is 64.6 Å². The molecule has 0 aliphatic heterocycles. The molecule has 5 rings (SSSR count). The summed E-state index contributed by atoms with van der Waals surface area (Å²) in [6, 6.07) is 7.01. The molecule has 3 unspecified atom stereocenters. The van der Waals surface area contributed by atoms with Gasteiger partial charge in [0.1, 0.15) is 12.7 Å². The predicted octanol–water partition coefficient (Wildman–Crippen LogP) is 4.16. The number of alkyl halides is 1. The van der Waals surface area contributed by atoms with Crippen molar-refractivity contribution in [2.24, 2.45) is 34.5 Å². The summed E-state index contributed by atoms with van der Waals surface area (Å²) in [4.78, 5) is 38.4. The smallest absolute Gasteiger partial charge is 0.310 e. The number of fused-ring (bicyclic) bond motifs is 5. The molecule has 0 heterocycles. The molecule has 3 saturated carbocycles. The molecule has 1 aromatic carbocycles. The van der Waals surface area contributed by atoms with Gasteiger partial charge in [-0.1, -0.05) is 43.7 Å². The lowest BCUT2D eigenvalue weighted by Crippen LogP contribution is -2.67. The number of allylic oxidation sites excluding steroid dienone is 4. The van der Waals surface area contributed by atoms with Gasteiger partial charge in [0, 0.05) is 22.9 Å². The van der Waals surface area contributed by atoms with Crippen LogP contribution in [0.25, 0.3) is 0 Å². The largest absolute Gasteiger partial charge is 0.459 e. The molecule has 3 N–H and O–H groups in total. The summed E-state index contributed by atoms with van der Waals surface area (Å²) < 4.78 is 24.1. The van der Waals surface area contributed by atoms with Gasteiger partial charge in [0.05, 0.1) is 6.42 Å². The Morgan fingerprint density at radius 3 is 2.65 bits per heavy atom. The zero-order valence-electron chi connectivity index (χ0n) is 21.7. The van der Waals surface area contributed by atoms with Crippen LogP contribution in [0.3, 0.4) is 0 Å². The second kappa shape index (κ2) is 8.90. The SMILES string of the molecule is C[C@@H]1CC2C3CCC4=CC(=O)C=C[C@]4(C)[C@@]3(F)[C@@H](OC(=O)Cc3ccccc3N)C[C@]2(C)C1C(=O)CO. The van der Waals surface area contributed by atoms with Crippen LogP contribution in [0.15, 0.2) is 48.1 Å². The maximum absolute atomic E-state index is 18.0. The molecule has 0 bridgehead atoms. The summed E-state index contributed by atoms with van der Waals surface area (Å²) in [5.74, 6) is -2.02. The molecule has 0 amide bonds. The van der Waals surface area contributed by atoms with Gasteiger partial charge in [-0.05, 0) is 73.6 Å². The fourth-order valence-electron chi connectivity index (χ4n) is 8.50. The first kappa shape index (κ1) is 25.8. The fraction of sp³-hybridized carbons (Fsp3) is 0.567. The van der Waals surface area contributed by atoms with E-state index in [1.165, 1.54) is 12.2 Å². The van der Waals surface area contributed by atoms with E-state index >= 15 is 4.39 Å². The molecule has 4 aliphatic rings. The molecule has 198 valence electrons. The second-order valence-corrected chi connectivity index (χ2v) is 12.0. The average Bonchev–Trinajstić information content (AvgIpc) is 3.11. The molecular formula is C30H36FNO5. The minimum absolute atomic E-state index is 0.0225. The number of esters is 1. The first-order chi connectivity index (χ1) is 17.5. The van der Waals surface area contributed by atoms with E-state index in [2.05, 4.69) is 0 Å². The fourth-order valence-corrected chi connectivity index (χ4v) is 8.50. The van der Waals surface area contributed by atoms with Crippen LogP contribution in [-0.2, 0) is 25.5 Å². The van der Waals surface area contributed by atoms with Crippen molar-refractivity contribution < 1.29 is 28.6 Å². The van der Waals surface area contributed by atoms with Gasteiger partial charge in [-0.2, -0.15) is 0 Å². The Kier molecular flexibility index (Phi) is 6.21. The number of benzene rings is 1. The predicted molar refractivity (Wildman–Crippen MR) is 137 cm³/mol. The number of carbonyl (C=O) groups is 3. The monoisotopic (exact) mass is 509 g/mol. The quantitative estimate of drug-likeness (QED) is 0.456. The molecule has 6 nitrogen and oxygen atoms in total. The highest BCUT2D eigenvalue weighted by Gasteiger charge is 2.72. The number of Topliss-reactive ketones (excluding diaryl/α,β-unsaturated/α-hetero) is 1. The third-order valence-electron chi connectivity index (χ3n) is 10.1. The minimum atomic E-state index is -1.95. The summed E-state index contributed by atoms with van der Waals surface area (Å²) in [5, 5.41) is 9.75. The lowest BCUT2D eigenvalue weighted by Gasteiger charge is -2.62. The maximum Gasteiger partial charge on any atom is 0.310 e. The van der Waals surface area contributed by atoms with E-state index in [4.69, 9.17) is 10.5 Å². The number of hydrogen-bond acceptors (Lipinski definition) is 6. The highest BCUT2D eigenvalue weighted by Crippen LogP contribution is 2.70. The van der Waals surface area contributed by atoms with Crippen LogP contribution < -0.4 is 5.73 Å². The van der Waals surface area contributed by atoms with Gasteiger partial charge in [0.25, 0.3) is 0 Å². The molecule has 8 atom stereocenters. The van der Waals surface area contributed by atoms with Gasteiger partial charge < -0.3 is 15.6 Å². The number of para-hydroxylation sites is 1. The van der Waals surface area contributed by atoms with Crippen LogP contribution in [0.5, 0.6) is 0 Å². The Hall–Kier alpha value is -2.80. The Morgan fingerprint density at radius 1 is 1.22 bits per heavy atom. The number of halogens is 1. The maximum atomic E-state index is 18.0. The van der Waals surface area contributed by atoms with Gasteiger partial charge >= 0.3 is 5.97 Å². The Balaban J connectivity index is 1.57. The number of ether oxygens (including phenoxy) is 1. The highest BCUT2D eigenvalue weighted by atomic mass is 19.1. The summed E-state index contributed by atoms with van der Waals surface area (Å²) in [6.07, 6.45) is 5.31. The number of aliphatic hydroxyl groups is 1. The Labute approximate surface area is 217 Å². The van der Waals surface area contributed by atoms with Crippen LogP contribution in [-0.4, -0.2) is 41.0 Å². The molecule has 4 aliphatic carbocycles. The van der Waals surface area contributed by atoms with Crippen molar-refractivity contribution in [1.29, 1.82) is 0 Å². The Bertz CT molecular complexity index is 1210. The number of rotatable bonds is 5. The van der Waals surface area contributed by atoms with E-state index in [1.54, 1.807) is 37.3 Å². The summed E-state index contributed by atoms with van der Waals surface area (Å²) in [6.45, 7) is 5.25. The first-order valence-corrected chi connectivity index (χ1v) is 13.2. The molecule has 1 aromatic rings. The minimum Gasteiger partial charge on any atom is -0.459 e. The van der Waals surface area contributed by atoms with Crippen molar-refractivity contribution in [3.05, 3.63) is 53.6 Å². The molecule has 7 heteroatoms. The second-order valence-electron chi connectivity index (χ2n) is 12.0. The molecule has 0 radical (unpaired) electrons. The number of hydrogen-bond donors (Lipinski definition) is 2. The zero-order valence-corrected chi connectivity index (χ0v) is 21.7. The average molecular weight is 510 g/mol. The van der Waals surface area contributed by atoms with Gasteiger partial charge in [-0.25, -0.2) is 4.39 Å². The number of carbonyl (C=O) groups excluding carboxylic acids is 3. The van der Waals surface area contributed by atoms with Crippen molar-refractivity contribution in [3.8, 4) is 0 Å². The van der Waals surface area contributed by atoms with E-state index in [0.29, 0.717) is 30.5 Å². The van der Waals surface area contributed by atoms with Gasteiger partial charge in [-0.3, -0.25) is 14.4 Å². The lowest BCUT2D eigenvalue weighted by molar-refractivity contribution is -0.213. The normalized spacial score (nSPS) is 40.3. The number of nitrogen functional groups attached to an aromatic ring is 1. The van der Waals surface area contributed by atoms with E-state index in [-0.39, 0.29) is 36.2 Å². The zero-order chi connectivity index (χ0) is 26.8. The lowest BCUT2D eigenvalue weighted by atomic mass is 9.45. The number of nitrogens with two attached hydrogens (primary N) is 1. The van der Waals surface area contributed by atoms with Gasteiger partial charge in [0.15, 0.2) is 17.2 Å². The van der Waals surface area contributed by atoms with Crippen LogP contribution in [0.4, 0.5) is 10.1 Å². The van der Waals surface area contributed by atoms with Gasteiger partial charge in [0.2, 0.25) is 0 Å². The van der Waals surface area contributed by atoms with E-state index < -0.39 is 47.0 Å². The molecule has 3 fully saturated rings. The molecule has 0 spiro atoms. The van der Waals surface area contributed by atoms with Crippen LogP contribution >= 0.6 is 0 Å². The summed E-state index contributed by atoms with van der Waals surface area (Å²) >= 11 is 0. The summed E-state index contributed by atoms with van der Waals surface area (Å²) in [5.41, 5.74) is 4.15. The Morgan fingerprint density at radius 2 is 1.95 bits per heavy atom. The number of ketones is 2. The van der Waals surface area contributed by atoms with E-state index in [9.17, 15) is 19.5 Å². The number of anilines is 1. The third-order valence-corrected chi connectivity index (χ3v) is 10.1. The van der Waals surface area contributed by atoms with Crippen molar-refractivity contribution >= 4 is 23.2 Å². The van der Waals surface area contributed by atoms with Crippen molar-refractivity contribution in [2.75, 3.05) is 12.3 Å². The van der Waals surface area contributed by atoms with Crippen molar-refractivity contribution in [3.63, 3.8) is 0 Å². The summed E-state index contributed by atoms with van der Waals surface area (Å²) in [7, 11) is 0. The first-order valence-electron chi connectivity index (χ1n) is 13.2. The molecule has 0 aromatic heterocycles. The van der Waals surface area contributed by atoms with E-state index in [0.717, 1.165) is 5.57 Å². The molecular weight excluding hydrogens is 473 g/mol. The van der Waals surface area contributed by atoms with Gasteiger partial charge in [-0.15, -0.1) is 0 Å². The van der Waals surface area contributed by atoms with E-state index in [1.807, 2.05) is 13.8 Å². The van der Waals surface area contributed by atoms with Crippen LogP contribution in [0.2, 0.25) is 0 Å². The topological polar surface area (TPSA) is 107 Å².